The molecule has 2 aliphatic heterocycles. The van der Waals surface area contributed by atoms with E-state index < -0.39 is 12.1 Å². The van der Waals surface area contributed by atoms with Crippen molar-refractivity contribution in [2.45, 2.75) is 25.5 Å². The largest absolute Gasteiger partial charge is 0.368 e. The summed E-state index contributed by atoms with van der Waals surface area (Å²) in [5, 5.41) is 3.30. The van der Waals surface area contributed by atoms with Crippen molar-refractivity contribution < 1.29 is 14.3 Å². The molecule has 0 aromatic heterocycles. The second-order valence-corrected chi connectivity index (χ2v) is 6.21. The Morgan fingerprint density at radius 1 is 1.41 bits per heavy atom. The van der Waals surface area contributed by atoms with Crippen LogP contribution >= 0.6 is 11.6 Å². The number of amides is 2. The molecule has 0 radical (unpaired) electrons. The molecule has 0 unspecified atom stereocenters. The van der Waals surface area contributed by atoms with E-state index in [2.05, 4.69) is 5.32 Å². The van der Waals surface area contributed by atoms with Gasteiger partial charge in [-0.05, 0) is 18.4 Å². The van der Waals surface area contributed by atoms with Crippen molar-refractivity contribution >= 4 is 23.4 Å². The molecule has 5 nitrogen and oxygen atoms in total. The minimum Gasteiger partial charge on any atom is -0.368 e. The quantitative estimate of drug-likeness (QED) is 0.902. The van der Waals surface area contributed by atoms with Gasteiger partial charge in [-0.25, -0.2) is 0 Å². The lowest BCUT2D eigenvalue weighted by Crippen LogP contribution is -2.55. The number of nitrogens with zero attached hydrogens (tertiary/aromatic N) is 1. The predicted octanol–water partition coefficient (Wildman–Crippen LogP) is 1.76. The zero-order chi connectivity index (χ0) is 15.7. The topological polar surface area (TPSA) is 58.6 Å². The number of carbonyl (C=O) groups excluding carboxylic acids is 2. The summed E-state index contributed by atoms with van der Waals surface area (Å²) in [5.41, 5.74) is 0.653. The monoisotopic (exact) mass is 322 g/mol. The number of benzene rings is 1. The number of hydrogen-bond donors (Lipinski definition) is 1. The van der Waals surface area contributed by atoms with Crippen LogP contribution in [0, 0.1) is 5.92 Å². The lowest BCUT2D eigenvalue weighted by molar-refractivity contribution is -0.151. The van der Waals surface area contributed by atoms with Crippen LogP contribution in [0.2, 0.25) is 5.02 Å². The second kappa shape index (κ2) is 6.26. The molecule has 2 saturated heterocycles. The normalized spacial score (nSPS) is 28.5. The highest BCUT2D eigenvalue weighted by molar-refractivity contribution is 6.31. The molecule has 2 fully saturated rings. The molecule has 0 bridgehead atoms. The number of carbonyl (C=O) groups is 2. The minimum absolute atomic E-state index is 0.121. The van der Waals surface area contributed by atoms with E-state index in [1.165, 1.54) is 0 Å². The third kappa shape index (κ3) is 2.71. The molecular formula is C16H19ClN2O3. The van der Waals surface area contributed by atoms with E-state index in [0.717, 1.165) is 6.42 Å². The van der Waals surface area contributed by atoms with Gasteiger partial charge in [-0.15, -0.1) is 0 Å². The van der Waals surface area contributed by atoms with Crippen molar-refractivity contribution in [3.05, 3.63) is 34.9 Å². The predicted molar refractivity (Wildman–Crippen MR) is 82.4 cm³/mol. The van der Waals surface area contributed by atoms with Crippen LogP contribution in [0.25, 0.3) is 0 Å². The molecule has 3 rings (SSSR count). The summed E-state index contributed by atoms with van der Waals surface area (Å²) >= 11 is 6.23. The van der Waals surface area contributed by atoms with Crippen molar-refractivity contribution in [1.29, 1.82) is 0 Å². The summed E-state index contributed by atoms with van der Waals surface area (Å²) in [5.74, 6) is -0.146. The maximum atomic E-state index is 12.8. The molecule has 0 spiro atoms. The third-order valence-electron chi connectivity index (χ3n) is 4.33. The van der Waals surface area contributed by atoms with Gasteiger partial charge in [0.25, 0.3) is 5.91 Å². The number of piperazine rings is 1. The van der Waals surface area contributed by atoms with E-state index in [1.807, 2.05) is 13.0 Å². The van der Waals surface area contributed by atoms with Crippen LogP contribution in [0.15, 0.2) is 24.3 Å². The summed E-state index contributed by atoms with van der Waals surface area (Å²) in [4.78, 5) is 26.8. The Hall–Kier alpha value is -1.59. The van der Waals surface area contributed by atoms with Crippen LogP contribution in [-0.4, -0.2) is 42.5 Å². The highest BCUT2D eigenvalue weighted by Gasteiger charge is 2.41. The molecule has 3 atom stereocenters. The average molecular weight is 323 g/mol. The first-order valence-corrected chi connectivity index (χ1v) is 7.91. The van der Waals surface area contributed by atoms with Crippen LogP contribution in [0.1, 0.15) is 24.9 Å². The SMILES string of the molecule is C[C@@H]1CCO[C@@H]1C(=O)N1CCNC(=O)[C@@H]1c1ccccc1Cl. The van der Waals surface area contributed by atoms with Crippen LogP contribution in [0.5, 0.6) is 0 Å². The Balaban J connectivity index is 1.92. The molecule has 2 aliphatic rings. The van der Waals surface area contributed by atoms with Crippen molar-refractivity contribution in [1.82, 2.24) is 10.2 Å². The summed E-state index contributed by atoms with van der Waals surface area (Å²) in [7, 11) is 0. The fourth-order valence-corrected chi connectivity index (χ4v) is 3.32. The van der Waals surface area contributed by atoms with Gasteiger partial charge in [0, 0.05) is 30.3 Å². The smallest absolute Gasteiger partial charge is 0.252 e. The van der Waals surface area contributed by atoms with Gasteiger partial charge in [-0.3, -0.25) is 9.59 Å². The fraction of sp³-hybridized carbons (Fsp3) is 0.500. The number of ether oxygens (including phenoxy) is 1. The molecule has 22 heavy (non-hydrogen) atoms. The van der Waals surface area contributed by atoms with E-state index in [1.54, 1.807) is 23.1 Å². The van der Waals surface area contributed by atoms with Gasteiger partial charge < -0.3 is 15.0 Å². The average Bonchev–Trinajstić information content (AvgIpc) is 2.93. The lowest BCUT2D eigenvalue weighted by atomic mass is 9.98. The summed E-state index contributed by atoms with van der Waals surface area (Å²) in [6.07, 6.45) is 0.406. The molecule has 6 heteroatoms. The standard InChI is InChI=1S/C16H19ClN2O3/c1-10-6-9-22-14(10)16(21)19-8-7-18-15(20)13(19)11-4-2-3-5-12(11)17/h2-5,10,13-14H,6-9H2,1H3,(H,18,20)/t10-,13+,14+/m1/s1. The van der Waals surface area contributed by atoms with E-state index in [0.29, 0.717) is 30.3 Å². The molecule has 2 heterocycles. The van der Waals surface area contributed by atoms with Gasteiger partial charge in [-0.2, -0.15) is 0 Å². The van der Waals surface area contributed by atoms with E-state index in [4.69, 9.17) is 16.3 Å². The van der Waals surface area contributed by atoms with E-state index in [-0.39, 0.29) is 17.7 Å². The maximum Gasteiger partial charge on any atom is 0.252 e. The van der Waals surface area contributed by atoms with Gasteiger partial charge in [0.2, 0.25) is 5.91 Å². The zero-order valence-corrected chi connectivity index (χ0v) is 13.2. The Bertz CT molecular complexity index is 593. The molecule has 2 amide bonds. The van der Waals surface area contributed by atoms with Crippen LogP contribution in [-0.2, 0) is 14.3 Å². The second-order valence-electron chi connectivity index (χ2n) is 5.80. The van der Waals surface area contributed by atoms with Gasteiger partial charge in [0.1, 0.15) is 12.1 Å². The molecular weight excluding hydrogens is 304 g/mol. The fourth-order valence-electron chi connectivity index (χ4n) is 3.08. The highest BCUT2D eigenvalue weighted by Crippen LogP contribution is 2.32. The third-order valence-corrected chi connectivity index (χ3v) is 4.67. The van der Waals surface area contributed by atoms with Crippen molar-refractivity contribution in [3.8, 4) is 0 Å². The molecule has 0 aliphatic carbocycles. The summed E-state index contributed by atoms with van der Waals surface area (Å²) in [6, 6.07) is 6.46. The Morgan fingerprint density at radius 3 is 2.86 bits per heavy atom. The molecule has 0 saturated carbocycles. The first-order valence-electron chi connectivity index (χ1n) is 7.54. The molecule has 1 aromatic rings. The highest BCUT2D eigenvalue weighted by atomic mass is 35.5. The maximum absolute atomic E-state index is 12.8. The first kappa shape index (κ1) is 15.3. The van der Waals surface area contributed by atoms with Crippen LogP contribution in [0.3, 0.4) is 0 Å². The Kier molecular flexibility index (Phi) is 4.36. The Labute approximate surface area is 134 Å². The molecule has 1 N–H and O–H groups in total. The van der Waals surface area contributed by atoms with Crippen molar-refractivity contribution in [2.24, 2.45) is 5.92 Å². The van der Waals surface area contributed by atoms with E-state index >= 15 is 0 Å². The number of nitrogens with one attached hydrogen (secondary N) is 1. The number of hydrogen-bond acceptors (Lipinski definition) is 3. The number of halogens is 1. The van der Waals surface area contributed by atoms with Crippen molar-refractivity contribution in [3.63, 3.8) is 0 Å². The summed E-state index contributed by atoms with van der Waals surface area (Å²) in [6.45, 7) is 3.51. The Morgan fingerprint density at radius 2 is 2.18 bits per heavy atom. The zero-order valence-electron chi connectivity index (χ0n) is 12.4. The lowest BCUT2D eigenvalue weighted by Gasteiger charge is -2.37. The first-order chi connectivity index (χ1) is 10.6. The van der Waals surface area contributed by atoms with Gasteiger partial charge in [-0.1, -0.05) is 36.7 Å². The van der Waals surface area contributed by atoms with Gasteiger partial charge in [0.05, 0.1) is 0 Å². The van der Waals surface area contributed by atoms with Crippen LogP contribution < -0.4 is 5.32 Å². The minimum atomic E-state index is -0.689. The number of rotatable bonds is 2. The van der Waals surface area contributed by atoms with E-state index in [9.17, 15) is 9.59 Å². The molecule has 118 valence electrons. The summed E-state index contributed by atoms with van der Waals surface area (Å²) < 4.78 is 5.57. The van der Waals surface area contributed by atoms with Gasteiger partial charge in [0.15, 0.2) is 0 Å². The van der Waals surface area contributed by atoms with Crippen molar-refractivity contribution in [2.75, 3.05) is 19.7 Å². The van der Waals surface area contributed by atoms with Gasteiger partial charge >= 0.3 is 0 Å². The van der Waals surface area contributed by atoms with Crippen LogP contribution in [0.4, 0.5) is 0 Å². The molecule has 1 aromatic carbocycles.